The van der Waals surface area contributed by atoms with Crippen LogP contribution in [0.15, 0.2) is 0 Å². The summed E-state index contributed by atoms with van der Waals surface area (Å²) in [6.45, 7) is -1.31. The lowest BCUT2D eigenvalue weighted by molar-refractivity contribution is -0.474. The van der Waals surface area contributed by atoms with Gasteiger partial charge in [-0.05, 0) is 0 Å². The average Bonchev–Trinajstić information content (AvgIpc) is 1.35. The van der Waals surface area contributed by atoms with Gasteiger partial charge in [0.1, 0.15) is 0 Å². The van der Waals surface area contributed by atoms with Gasteiger partial charge in [-0.25, -0.2) is 0 Å². The minimum atomic E-state index is -3.01. The van der Waals surface area contributed by atoms with Crippen molar-refractivity contribution in [2.45, 2.75) is 5.97 Å². The Morgan fingerprint density at radius 1 is 1.29 bits per heavy atom. The summed E-state index contributed by atoms with van der Waals surface area (Å²) >= 11 is 0. The van der Waals surface area contributed by atoms with Crippen molar-refractivity contribution >= 4 is 0 Å². The van der Waals surface area contributed by atoms with Crippen LogP contribution < -0.4 is 11.3 Å². The zero-order chi connectivity index (χ0) is 5.21. The predicted molar refractivity (Wildman–Crippen MR) is 20.2 cm³/mol. The van der Waals surface area contributed by atoms with Crippen molar-refractivity contribution in [2.24, 2.45) is 0 Å². The van der Waals surface area contributed by atoms with Gasteiger partial charge in [-0.2, -0.15) is 0 Å². The lowest BCUT2D eigenvalue weighted by atomic mass is 10.6. The molecule has 0 atom stereocenters. The van der Waals surface area contributed by atoms with E-state index in [1.807, 2.05) is 0 Å². The molecule has 0 aromatic heterocycles. The standard InChI is InChI=1S/C2H5O4.H3N/c3-1-2(4,5)6;/h4-6H,1H2;1H3/q-1;/p+1. The molecular formula is C2H9NO4. The van der Waals surface area contributed by atoms with Gasteiger partial charge >= 0.3 is 0 Å². The first-order valence-corrected chi connectivity index (χ1v) is 1.31. The molecule has 0 aromatic rings. The van der Waals surface area contributed by atoms with Crippen LogP contribution in [0.3, 0.4) is 0 Å². The third-order valence-electron chi connectivity index (χ3n) is 0.194. The SMILES string of the molecule is [NH4+].[O-]CC(O)(O)O. The fourth-order valence-corrected chi connectivity index (χ4v) is 0. The molecule has 0 saturated carbocycles. The van der Waals surface area contributed by atoms with Gasteiger partial charge in [-0.1, -0.05) is 6.61 Å². The first kappa shape index (κ1) is 9.93. The van der Waals surface area contributed by atoms with Crippen molar-refractivity contribution in [3.05, 3.63) is 0 Å². The topological polar surface area (TPSA) is 120 Å². The van der Waals surface area contributed by atoms with Crippen molar-refractivity contribution < 1.29 is 20.4 Å². The maximum Gasteiger partial charge on any atom is 0.259 e. The second kappa shape index (κ2) is 2.89. The quantitative estimate of drug-likeness (QED) is 0.276. The highest BCUT2D eigenvalue weighted by molar-refractivity contribution is 4.33. The van der Waals surface area contributed by atoms with Crippen molar-refractivity contribution in [1.82, 2.24) is 6.15 Å². The summed E-state index contributed by atoms with van der Waals surface area (Å²) in [5.74, 6) is -3.01. The second-order valence-electron chi connectivity index (χ2n) is 0.919. The first-order chi connectivity index (χ1) is 2.56. The Labute approximate surface area is 40.4 Å². The molecule has 0 aliphatic carbocycles. The Morgan fingerprint density at radius 3 is 1.43 bits per heavy atom. The zero-order valence-electron chi connectivity index (χ0n) is 3.96. The molecule has 0 radical (unpaired) electrons. The first-order valence-electron chi connectivity index (χ1n) is 1.31. The van der Waals surface area contributed by atoms with Crippen molar-refractivity contribution in [3.63, 3.8) is 0 Å². The smallest absolute Gasteiger partial charge is 0.259 e. The number of rotatable bonds is 1. The summed E-state index contributed by atoms with van der Waals surface area (Å²) in [4.78, 5) is 0. The van der Waals surface area contributed by atoms with E-state index < -0.39 is 12.6 Å². The van der Waals surface area contributed by atoms with E-state index in [1.54, 1.807) is 0 Å². The van der Waals surface area contributed by atoms with Crippen LogP contribution >= 0.6 is 0 Å². The highest BCUT2D eigenvalue weighted by Gasteiger charge is 2.07. The van der Waals surface area contributed by atoms with E-state index in [9.17, 15) is 5.11 Å². The summed E-state index contributed by atoms with van der Waals surface area (Å²) in [6.07, 6.45) is 0. The molecule has 46 valence electrons. The van der Waals surface area contributed by atoms with Gasteiger partial charge in [0.05, 0.1) is 0 Å². The summed E-state index contributed by atoms with van der Waals surface area (Å²) in [6, 6.07) is 0. The Morgan fingerprint density at radius 2 is 1.43 bits per heavy atom. The Kier molecular flexibility index (Phi) is 4.10. The Bertz CT molecular complexity index is 39.4. The van der Waals surface area contributed by atoms with E-state index in [4.69, 9.17) is 15.3 Å². The number of hydrogen-bond acceptors (Lipinski definition) is 4. The van der Waals surface area contributed by atoms with Crippen LogP contribution in [0.25, 0.3) is 0 Å². The molecule has 0 aromatic carbocycles. The maximum atomic E-state index is 9.20. The molecule has 7 N–H and O–H groups in total. The van der Waals surface area contributed by atoms with Gasteiger partial charge in [-0.3, -0.25) is 0 Å². The summed E-state index contributed by atoms with van der Waals surface area (Å²) < 4.78 is 0. The Balaban J connectivity index is 0. The zero-order valence-corrected chi connectivity index (χ0v) is 3.96. The van der Waals surface area contributed by atoms with Gasteiger partial charge in [0.15, 0.2) is 0 Å². The van der Waals surface area contributed by atoms with Crippen LogP contribution in [0.2, 0.25) is 0 Å². The number of hydrogen-bond donors (Lipinski definition) is 4. The minimum Gasteiger partial charge on any atom is -0.849 e. The predicted octanol–water partition coefficient (Wildman–Crippen LogP) is -2.65. The van der Waals surface area contributed by atoms with Crippen LogP contribution in [0.4, 0.5) is 0 Å². The normalized spacial score (nSPS) is 10.3. The number of aliphatic hydroxyl groups is 3. The van der Waals surface area contributed by atoms with Gasteiger partial charge in [0, 0.05) is 0 Å². The molecule has 0 unspecified atom stereocenters. The third-order valence-corrected chi connectivity index (χ3v) is 0.194. The fraction of sp³-hybridized carbons (Fsp3) is 1.00. The molecule has 0 spiro atoms. The minimum absolute atomic E-state index is 0. The summed E-state index contributed by atoms with van der Waals surface area (Å²) in [7, 11) is 0. The third kappa shape index (κ3) is 10.7. The molecule has 0 heterocycles. The molecule has 0 rings (SSSR count). The van der Waals surface area contributed by atoms with E-state index in [2.05, 4.69) is 0 Å². The highest BCUT2D eigenvalue weighted by Crippen LogP contribution is 1.82. The largest absolute Gasteiger partial charge is 0.849 e. The Hall–Kier alpha value is -0.200. The van der Waals surface area contributed by atoms with Crippen molar-refractivity contribution in [2.75, 3.05) is 6.61 Å². The van der Waals surface area contributed by atoms with Crippen LogP contribution in [-0.4, -0.2) is 27.9 Å². The molecule has 0 amide bonds. The average molecular weight is 111 g/mol. The van der Waals surface area contributed by atoms with Gasteiger partial charge in [0.25, 0.3) is 5.97 Å². The molecule has 0 saturated heterocycles. The van der Waals surface area contributed by atoms with E-state index in [0.29, 0.717) is 0 Å². The monoisotopic (exact) mass is 111 g/mol. The maximum absolute atomic E-state index is 9.20. The molecule has 0 fully saturated rings. The summed E-state index contributed by atoms with van der Waals surface area (Å²) in [5, 5.41) is 32.1. The van der Waals surface area contributed by atoms with Crippen molar-refractivity contribution in [1.29, 1.82) is 0 Å². The molecule has 0 aliphatic heterocycles. The highest BCUT2D eigenvalue weighted by atomic mass is 16.7. The van der Waals surface area contributed by atoms with Crippen LogP contribution in [0.1, 0.15) is 0 Å². The van der Waals surface area contributed by atoms with E-state index in [1.165, 1.54) is 0 Å². The molecule has 0 aliphatic rings. The van der Waals surface area contributed by atoms with E-state index in [0.717, 1.165) is 0 Å². The van der Waals surface area contributed by atoms with E-state index >= 15 is 0 Å². The molecule has 5 heteroatoms. The van der Waals surface area contributed by atoms with Crippen LogP contribution in [0, 0.1) is 0 Å². The molecule has 0 bridgehead atoms. The molecule has 5 nitrogen and oxygen atoms in total. The van der Waals surface area contributed by atoms with Gasteiger partial charge < -0.3 is 26.6 Å². The van der Waals surface area contributed by atoms with Gasteiger partial charge in [0.2, 0.25) is 0 Å². The van der Waals surface area contributed by atoms with Crippen LogP contribution in [-0.2, 0) is 0 Å². The van der Waals surface area contributed by atoms with Crippen LogP contribution in [0.5, 0.6) is 0 Å². The van der Waals surface area contributed by atoms with E-state index in [-0.39, 0.29) is 6.15 Å². The lowest BCUT2D eigenvalue weighted by Crippen LogP contribution is -2.38. The lowest BCUT2D eigenvalue weighted by Gasteiger charge is -2.15. The fourth-order valence-electron chi connectivity index (χ4n) is 0. The summed E-state index contributed by atoms with van der Waals surface area (Å²) in [5.41, 5.74) is 0. The number of quaternary nitrogens is 1. The molecular weight excluding hydrogens is 102 g/mol. The second-order valence-corrected chi connectivity index (χ2v) is 0.919. The molecule has 7 heavy (non-hydrogen) atoms. The van der Waals surface area contributed by atoms with Crippen molar-refractivity contribution in [3.8, 4) is 0 Å². The van der Waals surface area contributed by atoms with Gasteiger partial charge in [-0.15, -0.1) is 0 Å².